The first-order chi connectivity index (χ1) is 8.61. The molecule has 1 aromatic carbocycles. The molecule has 1 heterocycles. The largest absolute Gasteiger partial charge is 0.496 e. The SMILES string of the molecule is COc1c(C)ccc(NCc2ccc(Br)s2)c1C. The fourth-order valence-corrected chi connectivity index (χ4v) is 3.38. The fourth-order valence-electron chi connectivity index (χ4n) is 1.96. The summed E-state index contributed by atoms with van der Waals surface area (Å²) in [5.41, 5.74) is 3.45. The van der Waals surface area contributed by atoms with Crippen molar-refractivity contribution < 1.29 is 4.74 Å². The van der Waals surface area contributed by atoms with Crippen molar-refractivity contribution in [2.24, 2.45) is 0 Å². The van der Waals surface area contributed by atoms with Crippen molar-refractivity contribution in [2.75, 3.05) is 12.4 Å². The Kier molecular flexibility index (Phi) is 4.30. The zero-order valence-electron chi connectivity index (χ0n) is 10.7. The Morgan fingerprint density at radius 2 is 2.00 bits per heavy atom. The van der Waals surface area contributed by atoms with Crippen molar-refractivity contribution in [2.45, 2.75) is 20.4 Å². The van der Waals surface area contributed by atoms with Crippen LogP contribution in [0.5, 0.6) is 5.75 Å². The summed E-state index contributed by atoms with van der Waals surface area (Å²) in [5, 5.41) is 3.45. The first kappa shape index (κ1) is 13.4. The molecule has 0 spiro atoms. The summed E-state index contributed by atoms with van der Waals surface area (Å²) in [7, 11) is 1.72. The Morgan fingerprint density at radius 3 is 2.61 bits per heavy atom. The molecule has 0 aliphatic carbocycles. The zero-order chi connectivity index (χ0) is 13.1. The lowest BCUT2D eigenvalue weighted by Gasteiger charge is -2.14. The lowest BCUT2D eigenvalue weighted by Crippen LogP contribution is -2.01. The minimum absolute atomic E-state index is 0.837. The maximum absolute atomic E-state index is 5.43. The highest BCUT2D eigenvalue weighted by molar-refractivity contribution is 9.11. The Labute approximate surface area is 120 Å². The molecule has 96 valence electrons. The van der Waals surface area contributed by atoms with Gasteiger partial charge in [0.2, 0.25) is 0 Å². The van der Waals surface area contributed by atoms with Gasteiger partial charge in [-0.15, -0.1) is 11.3 Å². The van der Waals surface area contributed by atoms with Gasteiger partial charge < -0.3 is 10.1 Å². The van der Waals surface area contributed by atoms with Crippen molar-refractivity contribution in [3.63, 3.8) is 0 Å². The fraction of sp³-hybridized carbons (Fsp3) is 0.286. The van der Waals surface area contributed by atoms with Crippen LogP contribution in [0.4, 0.5) is 5.69 Å². The second kappa shape index (κ2) is 5.76. The van der Waals surface area contributed by atoms with E-state index in [1.165, 1.54) is 10.4 Å². The molecule has 4 heteroatoms. The molecule has 0 saturated carbocycles. The minimum Gasteiger partial charge on any atom is -0.496 e. The van der Waals surface area contributed by atoms with Crippen LogP contribution in [0.25, 0.3) is 0 Å². The summed E-state index contributed by atoms with van der Waals surface area (Å²) >= 11 is 5.22. The topological polar surface area (TPSA) is 21.3 Å². The van der Waals surface area contributed by atoms with Gasteiger partial charge in [0.1, 0.15) is 5.75 Å². The van der Waals surface area contributed by atoms with E-state index in [0.717, 1.165) is 27.3 Å². The second-order valence-electron chi connectivity index (χ2n) is 4.15. The van der Waals surface area contributed by atoms with Gasteiger partial charge in [-0.3, -0.25) is 0 Å². The van der Waals surface area contributed by atoms with E-state index in [4.69, 9.17) is 4.74 Å². The van der Waals surface area contributed by atoms with Gasteiger partial charge in [0.05, 0.1) is 10.9 Å². The van der Waals surface area contributed by atoms with E-state index in [1.807, 2.05) is 0 Å². The number of nitrogens with one attached hydrogen (secondary N) is 1. The van der Waals surface area contributed by atoms with Gasteiger partial charge in [-0.25, -0.2) is 0 Å². The van der Waals surface area contributed by atoms with Crippen LogP contribution in [0.2, 0.25) is 0 Å². The molecule has 2 nitrogen and oxygen atoms in total. The summed E-state index contributed by atoms with van der Waals surface area (Å²) in [6, 6.07) is 8.39. The van der Waals surface area contributed by atoms with Gasteiger partial charge >= 0.3 is 0 Å². The molecule has 2 rings (SSSR count). The van der Waals surface area contributed by atoms with Gasteiger partial charge in [0.15, 0.2) is 0 Å². The smallest absolute Gasteiger partial charge is 0.126 e. The van der Waals surface area contributed by atoms with Crippen molar-refractivity contribution >= 4 is 33.0 Å². The molecular formula is C14H16BrNOS. The standard InChI is InChI=1S/C14H16BrNOS/c1-9-4-6-12(10(2)14(9)17-3)16-8-11-5-7-13(15)18-11/h4-7,16H,8H2,1-3H3. The van der Waals surface area contributed by atoms with Crippen molar-refractivity contribution in [1.82, 2.24) is 0 Å². The van der Waals surface area contributed by atoms with Crippen molar-refractivity contribution in [3.05, 3.63) is 44.1 Å². The first-order valence-corrected chi connectivity index (χ1v) is 7.35. The first-order valence-electron chi connectivity index (χ1n) is 5.74. The molecule has 1 N–H and O–H groups in total. The number of hydrogen-bond acceptors (Lipinski definition) is 3. The van der Waals surface area contributed by atoms with E-state index in [-0.39, 0.29) is 0 Å². The molecule has 0 unspecified atom stereocenters. The number of anilines is 1. The number of rotatable bonds is 4. The molecule has 0 amide bonds. The van der Waals surface area contributed by atoms with E-state index < -0.39 is 0 Å². The highest BCUT2D eigenvalue weighted by atomic mass is 79.9. The lowest BCUT2D eigenvalue weighted by atomic mass is 10.1. The Hall–Kier alpha value is -1.000. The quantitative estimate of drug-likeness (QED) is 0.875. The Bertz CT molecular complexity index is 551. The average Bonchev–Trinajstić information content (AvgIpc) is 2.75. The van der Waals surface area contributed by atoms with Gasteiger partial charge in [0, 0.05) is 22.7 Å². The van der Waals surface area contributed by atoms with Crippen LogP contribution in [0.15, 0.2) is 28.1 Å². The molecule has 0 aliphatic rings. The summed E-state index contributed by atoms with van der Waals surface area (Å²) < 4.78 is 6.59. The minimum atomic E-state index is 0.837. The number of halogens is 1. The number of hydrogen-bond donors (Lipinski definition) is 1. The Morgan fingerprint density at radius 1 is 1.22 bits per heavy atom. The molecule has 2 aromatic rings. The third kappa shape index (κ3) is 2.87. The van der Waals surface area contributed by atoms with Crippen LogP contribution in [0.3, 0.4) is 0 Å². The molecular weight excluding hydrogens is 310 g/mol. The van der Waals surface area contributed by atoms with Crippen molar-refractivity contribution in [3.8, 4) is 5.75 Å². The van der Waals surface area contributed by atoms with Crippen molar-refractivity contribution in [1.29, 1.82) is 0 Å². The van der Waals surface area contributed by atoms with E-state index in [2.05, 4.69) is 59.4 Å². The average molecular weight is 326 g/mol. The maximum atomic E-state index is 5.43. The van der Waals surface area contributed by atoms with E-state index in [9.17, 15) is 0 Å². The molecule has 1 aromatic heterocycles. The predicted molar refractivity (Wildman–Crippen MR) is 81.8 cm³/mol. The van der Waals surface area contributed by atoms with Gasteiger partial charge in [-0.05, 0) is 53.5 Å². The predicted octanol–water partition coefficient (Wildman–Crippen LogP) is 4.75. The second-order valence-corrected chi connectivity index (χ2v) is 6.70. The maximum Gasteiger partial charge on any atom is 0.126 e. The molecule has 0 aliphatic heterocycles. The number of methoxy groups -OCH3 is 1. The highest BCUT2D eigenvalue weighted by Gasteiger charge is 2.07. The van der Waals surface area contributed by atoms with E-state index in [0.29, 0.717) is 0 Å². The molecule has 0 radical (unpaired) electrons. The summed E-state index contributed by atoms with van der Waals surface area (Å²) in [6.45, 7) is 4.98. The van der Waals surface area contributed by atoms with Gasteiger partial charge in [-0.1, -0.05) is 6.07 Å². The van der Waals surface area contributed by atoms with Crippen LogP contribution in [0, 0.1) is 13.8 Å². The number of thiophene rings is 1. The van der Waals surface area contributed by atoms with Gasteiger partial charge in [-0.2, -0.15) is 0 Å². The summed E-state index contributed by atoms with van der Waals surface area (Å²) in [5.74, 6) is 0.965. The van der Waals surface area contributed by atoms with Crippen LogP contribution in [-0.4, -0.2) is 7.11 Å². The number of aryl methyl sites for hydroxylation is 1. The molecule has 0 fully saturated rings. The zero-order valence-corrected chi connectivity index (χ0v) is 13.1. The van der Waals surface area contributed by atoms with E-state index >= 15 is 0 Å². The summed E-state index contributed by atoms with van der Waals surface area (Å²) in [6.07, 6.45) is 0. The Balaban J connectivity index is 2.14. The summed E-state index contributed by atoms with van der Waals surface area (Å²) in [4.78, 5) is 1.31. The van der Waals surface area contributed by atoms with Gasteiger partial charge in [0.25, 0.3) is 0 Å². The van der Waals surface area contributed by atoms with Crippen LogP contribution in [0.1, 0.15) is 16.0 Å². The van der Waals surface area contributed by atoms with Crippen LogP contribution >= 0.6 is 27.3 Å². The molecule has 0 atom stereocenters. The molecule has 0 saturated heterocycles. The monoisotopic (exact) mass is 325 g/mol. The number of ether oxygens (including phenoxy) is 1. The molecule has 0 bridgehead atoms. The third-order valence-corrected chi connectivity index (χ3v) is 4.51. The normalized spacial score (nSPS) is 10.4. The third-order valence-electron chi connectivity index (χ3n) is 2.89. The van der Waals surface area contributed by atoms with Crippen LogP contribution < -0.4 is 10.1 Å². The lowest BCUT2D eigenvalue weighted by molar-refractivity contribution is 0.409. The molecule has 18 heavy (non-hydrogen) atoms. The highest BCUT2D eigenvalue weighted by Crippen LogP contribution is 2.30. The van der Waals surface area contributed by atoms with Crippen LogP contribution in [-0.2, 0) is 6.54 Å². The number of benzene rings is 1. The van der Waals surface area contributed by atoms with E-state index in [1.54, 1.807) is 18.4 Å².